The quantitative estimate of drug-likeness (QED) is 0.202. The van der Waals surface area contributed by atoms with Crippen molar-refractivity contribution in [3.63, 3.8) is 0 Å². The van der Waals surface area contributed by atoms with Gasteiger partial charge in [0.2, 0.25) is 11.8 Å². The average molecular weight is 799 g/mol. The summed E-state index contributed by atoms with van der Waals surface area (Å²) in [4.78, 5) is 68.4. The number of hydrogen-bond acceptors (Lipinski definition) is 11. The predicted molar refractivity (Wildman–Crippen MR) is 228 cm³/mol. The number of hydrogen-bond donors (Lipinski definition) is 3. The molecule has 4 aliphatic rings. The van der Waals surface area contributed by atoms with Crippen LogP contribution in [0.2, 0.25) is 0 Å². The number of anilines is 3. The molecular formula is C43H46N10O4S. The Morgan fingerprint density at radius 2 is 1.69 bits per heavy atom. The van der Waals surface area contributed by atoms with Crippen LogP contribution in [0.1, 0.15) is 48.3 Å². The van der Waals surface area contributed by atoms with Crippen LogP contribution in [0.25, 0.3) is 43.3 Å². The zero-order valence-corrected chi connectivity index (χ0v) is 33.5. The molecule has 2 atom stereocenters. The van der Waals surface area contributed by atoms with E-state index < -0.39 is 11.9 Å². The lowest BCUT2D eigenvalue weighted by Crippen LogP contribution is -2.49. The van der Waals surface area contributed by atoms with E-state index in [-0.39, 0.29) is 30.0 Å². The maximum absolute atomic E-state index is 13.3. The third kappa shape index (κ3) is 6.46. The second kappa shape index (κ2) is 14.5. The number of aryl methyl sites for hydroxylation is 1. The van der Waals surface area contributed by atoms with Crippen molar-refractivity contribution >= 4 is 78.3 Å². The molecular weight excluding hydrogens is 753 g/mol. The summed E-state index contributed by atoms with van der Waals surface area (Å²) >= 11 is 1.52. The molecule has 4 aliphatic heterocycles. The Balaban J connectivity index is 0.763. The first-order chi connectivity index (χ1) is 28.2. The highest BCUT2D eigenvalue weighted by molar-refractivity contribution is 7.21. The largest absolute Gasteiger partial charge is 0.381 e. The molecule has 8 heterocycles. The van der Waals surface area contributed by atoms with Gasteiger partial charge in [0.25, 0.3) is 5.91 Å². The van der Waals surface area contributed by atoms with Crippen LogP contribution in [-0.4, -0.2) is 100 Å². The second-order valence-electron chi connectivity index (χ2n) is 16.2. The summed E-state index contributed by atoms with van der Waals surface area (Å²) in [6.07, 6.45) is 4.63. The van der Waals surface area contributed by atoms with Gasteiger partial charge < -0.3 is 20.4 Å². The Labute approximate surface area is 338 Å². The molecule has 0 bridgehead atoms. The number of nitrogens with one attached hydrogen (secondary N) is 3. The molecule has 0 saturated carbocycles. The van der Waals surface area contributed by atoms with Gasteiger partial charge in [0.1, 0.15) is 16.7 Å². The lowest BCUT2D eigenvalue weighted by Gasteiger charge is -2.39. The first-order valence-electron chi connectivity index (χ1n) is 20.3. The Morgan fingerprint density at radius 1 is 0.862 bits per heavy atom. The van der Waals surface area contributed by atoms with Crippen molar-refractivity contribution in [1.29, 1.82) is 0 Å². The fraction of sp³-hybridized carbons (Fsp3) is 0.395. The van der Waals surface area contributed by atoms with Crippen LogP contribution < -0.4 is 31.4 Å². The van der Waals surface area contributed by atoms with Crippen molar-refractivity contribution in [2.24, 2.45) is 13.0 Å². The van der Waals surface area contributed by atoms with Crippen LogP contribution in [0.5, 0.6) is 0 Å². The van der Waals surface area contributed by atoms with Gasteiger partial charge in [-0.25, -0.2) is 14.8 Å². The topological polar surface area (TPSA) is 150 Å². The molecule has 15 heteroatoms. The van der Waals surface area contributed by atoms with E-state index in [1.165, 1.54) is 15.9 Å². The molecule has 14 nitrogen and oxygen atoms in total. The summed E-state index contributed by atoms with van der Waals surface area (Å²) < 4.78 is 4.22. The first-order valence-corrected chi connectivity index (χ1v) is 21.1. The number of piperazine rings is 1. The number of piperidine rings is 2. The highest BCUT2D eigenvalue weighted by Crippen LogP contribution is 2.41. The zero-order valence-electron chi connectivity index (χ0n) is 32.7. The van der Waals surface area contributed by atoms with Gasteiger partial charge in [0, 0.05) is 105 Å². The molecule has 0 radical (unpaired) electrons. The number of carbonyl (C=O) groups excluding carboxylic acids is 3. The molecule has 1 unspecified atom stereocenters. The van der Waals surface area contributed by atoms with Crippen LogP contribution in [0.3, 0.4) is 0 Å². The second-order valence-corrected chi connectivity index (χ2v) is 17.3. The molecule has 3 fully saturated rings. The van der Waals surface area contributed by atoms with Gasteiger partial charge in [0.15, 0.2) is 0 Å². The van der Waals surface area contributed by atoms with E-state index in [1.54, 1.807) is 11.6 Å². The number of thiophene rings is 1. The lowest BCUT2D eigenvalue weighted by molar-refractivity contribution is -0.135. The van der Waals surface area contributed by atoms with Gasteiger partial charge in [-0.2, -0.15) is 0 Å². The van der Waals surface area contributed by atoms with E-state index in [4.69, 9.17) is 9.97 Å². The number of amides is 3. The molecule has 58 heavy (non-hydrogen) atoms. The summed E-state index contributed by atoms with van der Waals surface area (Å²) in [5.41, 5.74) is 6.08. The molecule has 2 aromatic carbocycles. The number of pyridine rings is 2. The minimum absolute atomic E-state index is 0.0251. The summed E-state index contributed by atoms with van der Waals surface area (Å²) in [6, 6.07) is 18.0. The van der Waals surface area contributed by atoms with Crippen molar-refractivity contribution in [2.75, 3.05) is 67.5 Å². The number of imide groups is 1. The fourth-order valence-electron chi connectivity index (χ4n) is 9.31. The number of carbonyl (C=O) groups is 3. The number of benzene rings is 2. The van der Waals surface area contributed by atoms with Crippen LogP contribution in [-0.2, 0) is 16.6 Å². The fourth-order valence-corrected chi connectivity index (χ4v) is 10.4. The van der Waals surface area contributed by atoms with Crippen molar-refractivity contribution in [3.8, 4) is 11.3 Å². The number of nitrogens with zero attached hydrogens (tertiary/aromatic N) is 7. The average Bonchev–Trinajstić information content (AvgIpc) is 3.69. The molecule has 3 amide bonds. The minimum atomic E-state index is -0.683. The standard InChI is InChI=1S/C43H46N10O4S/c1-25-23-45-39-38-29-4-5-30(47-31(29)6-9-35(38)58-40(39)42(56)46-25)27-11-14-44-36(21-27)52-19-17-50(18-20-52)24-26-12-15-51(16-13-26)28-3-7-32-34(22-28)49(2)43(57)53(32)33-8-10-37(54)48-41(33)55/h3-7,9,11,14,21-22,25-26,33,45H,8,10,12-13,15-20,23-24H2,1-2H3,(H,46,56)(H,48,54,55)/t25-,33?/m1/s1. The van der Waals surface area contributed by atoms with Crippen molar-refractivity contribution in [3.05, 3.63) is 76.2 Å². The van der Waals surface area contributed by atoms with E-state index in [9.17, 15) is 19.2 Å². The zero-order chi connectivity index (χ0) is 39.7. The van der Waals surface area contributed by atoms with Crippen LogP contribution in [0, 0.1) is 5.92 Å². The maximum atomic E-state index is 13.3. The lowest BCUT2D eigenvalue weighted by atomic mass is 9.95. The third-order valence-corrected chi connectivity index (χ3v) is 13.7. The SMILES string of the molecule is C[C@@H]1CNc2c(sc3ccc4nc(-c5ccnc(N6CCN(CC7CCN(c8ccc9c(c8)n(C)c(=O)n9C8CCC(=O)NC8=O)CC7)CC6)c5)ccc4c23)C(=O)N1. The molecule has 3 saturated heterocycles. The van der Waals surface area contributed by atoms with E-state index in [0.29, 0.717) is 24.4 Å². The highest BCUT2D eigenvalue weighted by Gasteiger charge is 2.32. The van der Waals surface area contributed by atoms with Crippen molar-refractivity contribution < 1.29 is 14.4 Å². The number of fused-ring (bicyclic) bond motifs is 6. The van der Waals surface area contributed by atoms with Gasteiger partial charge in [0.05, 0.1) is 27.9 Å². The molecule has 10 rings (SSSR count). The molecule has 3 N–H and O–H groups in total. The van der Waals surface area contributed by atoms with Gasteiger partial charge >= 0.3 is 5.69 Å². The van der Waals surface area contributed by atoms with Crippen molar-refractivity contribution in [2.45, 2.75) is 44.7 Å². The monoisotopic (exact) mass is 798 g/mol. The molecule has 298 valence electrons. The number of aromatic nitrogens is 4. The smallest absolute Gasteiger partial charge is 0.329 e. The van der Waals surface area contributed by atoms with Gasteiger partial charge in [-0.15, -0.1) is 11.3 Å². The van der Waals surface area contributed by atoms with Crippen LogP contribution in [0.4, 0.5) is 17.2 Å². The summed E-state index contributed by atoms with van der Waals surface area (Å²) in [6.45, 7) is 9.47. The normalized spacial score (nSPS) is 21.0. The Bertz CT molecular complexity index is 2690. The van der Waals surface area contributed by atoms with Gasteiger partial charge in [-0.1, -0.05) is 0 Å². The molecule has 0 aliphatic carbocycles. The third-order valence-electron chi connectivity index (χ3n) is 12.5. The number of imidazole rings is 1. The van der Waals surface area contributed by atoms with E-state index >= 15 is 0 Å². The highest BCUT2D eigenvalue weighted by atomic mass is 32.1. The van der Waals surface area contributed by atoms with Crippen LogP contribution >= 0.6 is 11.3 Å². The van der Waals surface area contributed by atoms with E-state index in [1.807, 2.05) is 25.3 Å². The summed E-state index contributed by atoms with van der Waals surface area (Å²) in [5.74, 6) is 0.853. The maximum Gasteiger partial charge on any atom is 0.329 e. The molecule has 0 spiro atoms. The number of rotatable bonds is 6. The van der Waals surface area contributed by atoms with Gasteiger partial charge in [-0.3, -0.25) is 33.7 Å². The van der Waals surface area contributed by atoms with E-state index in [2.05, 4.69) is 73.1 Å². The van der Waals surface area contributed by atoms with Gasteiger partial charge in [-0.05, 0) is 86.7 Å². The summed E-state index contributed by atoms with van der Waals surface area (Å²) in [5, 5.41) is 11.1. The Kier molecular flexibility index (Phi) is 9.16. The molecule has 6 aromatic rings. The van der Waals surface area contributed by atoms with Crippen LogP contribution in [0.15, 0.2) is 65.6 Å². The minimum Gasteiger partial charge on any atom is -0.381 e. The van der Waals surface area contributed by atoms with Crippen molar-refractivity contribution in [1.82, 2.24) is 34.6 Å². The Hall–Kier alpha value is -5.80. The molecule has 4 aromatic heterocycles. The first kappa shape index (κ1) is 36.5. The summed E-state index contributed by atoms with van der Waals surface area (Å²) in [7, 11) is 1.74. The predicted octanol–water partition coefficient (Wildman–Crippen LogP) is 4.73. The van der Waals surface area contributed by atoms with E-state index in [0.717, 1.165) is 118 Å². The Morgan fingerprint density at radius 3 is 2.50 bits per heavy atom.